The summed E-state index contributed by atoms with van der Waals surface area (Å²) in [5.41, 5.74) is 1.39. The fourth-order valence-corrected chi connectivity index (χ4v) is 2.27. The molecule has 0 saturated heterocycles. The first kappa shape index (κ1) is 14.5. The molecule has 1 unspecified atom stereocenters. The van der Waals surface area contributed by atoms with Gasteiger partial charge < -0.3 is 15.2 Å². The first-order chi connectivity index (χ1) is 9.28. The van der Waals surface area contributed by atoms with E-state index in [2.05, 4.69) is 5.32 Å². The summed E-state index contributed by atoms with van der Waals surface area (Å²) in [6.07, 6.45) is 0.704. The highest BCUT2D eigenvalue weighted by atomic mass is 16.6. The van der Waals surface area contributed by atoms with Gasteiger partial charge >= 0.3 is 11.9 Å². The van der Waals surface area contributed by atoms with Crippen molar-refractivity contribution in [3.63, 3.8) is 0 Å². The molecule has 20 heavy (non-hydrogen) atoms. The average molecular weight is 277 g/mol. The number of ether oxygens (including phenoxy) is 1. The number of benzene rings is 1. The highest BCUT2D eigenvalue weighted by Crippen LogP contribution is 2.26. The van der Waals surface area contributed by atoms with Gasteiger partial charge in [-0.25, -0.2) is 9.59 Å². The standard InChI is InChI=1S/C15H19NO4/c1-15(2,3)20-14(19)12-11-5-4-10(13(17)18)8-9(11)6-7-16-12/h4-5,8,12,16H,6-7H2,1-3H3,(H,17,18). The van der Waals surface area contributed by atoms with Crippen LogP contribution in [-0.2, 0) is 16.0 Å². The number of nitrogens with one attached hydrogen (secondary N) is 1. The molecule has 0 radical (unpaired) electrons. The van der Waals surface area contributed by atoms with Crippen molar-refractivity contribution < 1.29 is 19.4 Å². The van der Waals surface area contributed by atoms with Crippen LogP contribution in [0, 0.1) is 0 Å². The molecule has 5 heteroatoms. The maximum atomic E-state index is 12.2. The lowest BCUT2D eigenvalue weighted by Crippen LogP contribution is -2.39. The molecule has 1 aliphatic heterocycles. The molecule has 1 atom stereocenters. The lowest BCUT2D eigenvalue weighted by Gasteiger charge is -2.29. The highest BCUT2D eigenvalue weighted by molar-refractivity contribution is 5.88. The van der Waals surface area contributed by atoms with Crippen LogP contribution in [0.2, 0.25) is 0 Å². The van der Waals surface area contributed by atoms with Crippen LogP contribution >= 0.6 is 0 Å². The summed E-state index contributed by atoms with van der Waals surface area (Å²) in [6, 6.07) is 4.32. The Kier molecular flexibility index (Phi) is 3.81. The van der Waals surface area contributed by atoms with Crippen molar-refractivity contribution in [2.75, 3.05) is 6.54 Å². The van der Waals surface area contributed by atoms with Gasteiger partial charge in [0.05, 0.1) is 5.56 Å². The average Bonchev–Trinajstić information content (AvgIpc) is 2.35. The van der Waals surface area contributed by atoms with Crippen molar-refractivity contribution in [2.45, 2.75) is 38.8 Å². The zero-order valence-electron chi connectivity index (χ0n) is 11.9. The number of fused-ring (bicyclic) bond motifs is 1. The third-order valence-corrected chi connectivity index (χ3v) is 3.09. The molecule has 108 valence electrons. The molecule has 1 heterocycles. The maximum Gasteiger partial charge on any atom is 0.335 e. The zero-order chi connectivity index (χ0) is 14.9. The van der Waals surface area contributed by atoms with Crippen LogP contribution in [-0.4, -0.2) is 29.2 Å². The second kappa shape index (κ2) is 5.25. The Bertz CT molecular complexity index is 545. The number of carboxylic acids is 1. The molecule has 0 saturated carbocycles. The number of hydrogen-bond donors (Lipinski definition) is 2. The minimum absolute atomic E-state index is 0.244. The maximum absolute atomic E-state index is 12.2. The summed E-state index contributed by atoms with van der Waals surface area (Å²) in [5, 5.41) is 12.1. The molecule has 2 rings (SSSR count). The molecular formula is C15H19NO4. The van der Waals surface area contributed by atoms with E-state index in [1.54, 1.807) is 12.1 Å². The number of carboxylic acid groups (broad SMARTS) is 1. The number of carbonyl (C=O) groups is 2. The number of aromatic carboxylic acids is 1. The van der Waals surface area contributed by atoms with E-state index in [-0.39, 0.29) is 11.5 Å². The van der Waals surface area contributed by atoms with Crippen molar-refractivity contribution in [1.82, 2.24) is 5.32 Å². The number of hydrogen-bond acceptors (Lipinski definition) is 4. The van der Waals surface area contributed by atoms with Gasteiger partial charge in [-0.3, -0.25) is 0 Å². The largest absolute Gasteiger partial charge is 0.478 e. The van der Waals surface area contributed by atoms with Gasteiger partial charge in [0.2, 0.25) is 0 Å². The molecule has 0 amide bonds. The molecule has 0 aromatic heterocycles. The normalized spacial score (nSPS) is 18.2. The van der Waals surface area contributed by atoms with Crippen LogP contribution in [0.4, 0.5) is 0 Å². The van der Waals surface area contributed by atoms with Gasteiger partial charge in [0.1, 0.15) is 11.6 Å². The second-order valence-corrected chi connectivity index (χ2v) is 5.89. The van der Waals surface area contributed by atoms with Crippen LogP contribution in [0.5, 0.6) is 0 Å². The van der Waals surface area contributed by atoms with Crippen LogP contribution in [0.25, 0.3) is 0 Å². The Balaban J connectivity index is 2.29. The molecule has 0 spiro atoms. The SMILES string of the molecule is CC(C)(C)OC(=O)C1NCCc2cc(C(=O)O)ccc21. The first-order valence-corrected chi connectivity index (χ1v) is 6.60. The minimum Gasteiger partial charge on any atom is -0.478 e. The molecule has 0 bridgehead atoms. The Hall–Kier alpha value is -1.88. The van der Waals surface area contributed by atoms with Gasteiger partial charge in [-0.2, -0.15) is 0 Å². The number of esters is 1. The van der Waals surface area contributed by atoms with Gasteiger partial charge in [-0.15, -0.1) is 0 Å². The van der Waals surface area contributed by atoms with Crippen molar-refractivity contribution in [1.29, 1.82) is 0 Å². The molecule has 1 aromatic rings. The zero-order valence-corrected chi connectivity index (χ0v) is 11.9. The van der Waals surface area contributed by atoms with E-state index in [0.717, 1.165) is 11.1 Å². The van der Waals surface area contributed by atoms with Crippen LogP contribution < -0.4 is 5.32 Å². The predicted octanol–water partition coefficient (Wildman–Crippen LogP) is 1.91. The Morgan fingerprint density at radius 1 is 1.35 bits per heavy atom. The second-order valence-electron chi connectivity index (χ2n) is 5.89. The molecule has 0 aliphatic carbocycles. The third kappa shape index (κ3) is 3.17. The van der Waals surface area contributed by atoms with Gasteiger partial charge in [0, 0.05) is 6.54 Å². The monoisotopic (exact) mass is 277 g/mol. The number of carbonyl (C=O) groups excluding carboxylic acids is 1. The van der Waals surface area contributed by atoms with Gasteiger partial charge in [0.15, 0.2) is 0 Å². The first-order valence-electron chi connectivity index (χ1n) is 6.60. The lowest BCUT2D eigenvalue weighted by molar-refractivity contribution is -0.157. The summed E-state index contributed by atoms with van der Waals surface area (Å²) >= 11 is 0. The summed E-state index contributed by atoms with van der Waals surface area (Å²) in [7, 11) is 0. The van der Waals surface area contributed by atoms with Gasteiger partial charge in [0.25, 0.3) is 0 Å². The Labute approximate surface area is 117 Å². The van der Waals surface area contributed by atoms with Crippen LogP contribution in [0.15, 0.2) is 18.2 Å². The smallest absolute Gasteiger partial charge is 0.335 e. The fourth-order valence-electron chi connectivity index (χ4n) is 2.27. The van der Waals surface area contributed by atoms with E-state index in [4.69, 9.17) is 9.84 Å². The van der Waals surface area contributed by atoms with Crippen molar-refractivity contribution in [2.24, 2.45) is 0 Å². The molecule has 5 nitrogen and oxygen atoms in total. The molecular weight excluding hydrogens is 258 g/mol. The molecule has 0 fully saturated rings. The summed E-state index contributed by atoms with van der Waals surface area (Å²) in [4.78, 5) is 23.2. The molecule has 1 aliphatic rings. The quantitative estimate of drug-likeness (QED) is 0.808. The van der Waals surface area contributed by atoms with Crippen LogP contribution in [0.3, 0.4) is 0 Å². The highest BCUT2D eigenvalue weighted by Gasteiger charge is 2.30. The minimum atomic E-state index is -0.958. The Morgan fingerprint density at radius 2 is 2.05 bits per heavy atom. The van der Waals surface area contributed by atoms with E-state index in [0.29, 0.717) is 13.0 Å². The van der Waals surface area contributed by atoms with Crippen LogP contribution in [0.1, 0.15) is 48.3 Å². The van der Waals surface area contributed by atoms with E-state index >= 15 is 0 Å². The van der Waals surface area contributed by atoms with E-state index in [1.807, 2.05) is 20.8 Å². The number of rotatable bonds is 2. The van der Waals surface area contributed by atoms with E-state index < -0.39 is 17.6 Å². The fraction of sp³-hybridized carbons (Fsp3) is 0.467. The summed E-state index contributed by atoms with van der Waals surface area (Å²) in [5.74, 6) is -1.29. The van der Waals surface area contributed by atoms with Crippen molar-refractivity contribution in [3.05, 3.63) is 34.9 Å². The molecule has 2 N–H and O–H groups in total. The third-order valence-electron chi connectivity index (χ3n) is 3.09. The molecule has 1 aromatic carbocycles. The van der Waals surface area contributed by atoms with Crippen molar-refractivity contribution >= 4 is 11.9 Å². The lowest BCUT2D eigenvalue weighted by atomic mass is 9.92. The van der Waals surface area contributed by atoms with Gasteiger partial charge in [-0.1, -0.05) is 6.07 Å². The topological polar surface area (TPSA) is 75.6 Å². The van der Waals surface area contributed by atoms with E-state index in [9.17, 15) is 9.59 Å². The summed E-state index contributed by atoms with van der Waals surface area (Å²) in [6.45, 7) is 6.09. The van der Waals surface area contributed by atoms with Crippen molar-refractivity contribution in [3.8, 4) is 0 Å². The van der Waals surface area contributed by atoms with E-state index in [1.165, 1.54) is 6.07 Å². The predicted molar refractivity (Wildman–Crippen MR) is 73.7 cm³/mol. The Morgan fingerprint density at radius 3 is 2.65 bits per heavy atom. The van der Waals surface area contributed by atoms with Gasteiger partial charge in [-0.05, 0) is 50.5 Å². The summed E-state index contributed by atoms with van der Waals surface area (Å²) < 4.78 is 5.39.